The van der Waals surface area contributed by atoms with Crippen molar-refractivity contribution in [1.82, 2.24) is 14.6 Å². The number of aromatic nitrogens is 2. The standard InChI is InChI=1S/C26H32FN4O7P/c1-16(2)36-24(32)18(4)30-39(34,38-21-11-7-9-19-8-5-6-10-20(19)21)35-15-26(27)14-17(3)23(37-26)31-13-12-22(28)29-25(31)33/h5-13,16-18,23H,14-15H2,1-4H3,(H,30,34)(H2,28,29,33)/t17-,18-,23+,26-,39?/m0/s1. The lowest BCUT2D eigenvalue weighted by Crippen LogP contribution is -2.38. The van der Waals surface area contributed by atoms with Crippen molar-refractivity contribution in [2.75, 3.05) is 12.3 Å². The van der Waals surface area contributed by atoms with Gasteiger partial charge in [-0.1, -0.05) is 43.3 Å². The maximum atomic E-state index is 15.9. The molecule has 210 valence electrons. The van der Waals surface area contributed by atoms with Crippen molar-refractivity contribution < 1.29 is 32.3 Å². The molecule has 2 heterocycles. The summed E-state index contributed by atoms with van der Waals surface area (Å²) in [6.07, 6.45) is -0.207. The Morgan fingerprint density at radius 1 is 1.26 bits per heavy atom. The number of anilines is 1. The summed E-state index contributed by atoms with van der Waals surface area (Å²) in [5.74, 6) is -3.34. The van der Waals surface area contributed by atoms with Crippen LogP contribution in [0.4, 0.5) is 10.2 Å². The van der Waals surface area contributed by atoms with Gasteiger partial charge in [-0.15, -0.1) is 0 Å². The third-order valence-electron chi connectivity index (χ3n) is 6.05. The van der Waals surface area contributed by atoms with Gasteiger partial charge >= 0.3 is 19.4 Å². The molecule has 0 bridgehead atoms. The number of esters is 1. The van der Waals surface area contributed by atoms with Crippen LogP contribution in [0.5, 0.6) is 5.75 Å². The highest BCUT2D eigenvalue weighted by Crippen LogP contribution is 2.50. The lowest BCUT2D eigenvalue weighted by Gasteiger charge is -2.27. The van der Waals surface area contributed by atoms with Gasteiger partial charge in [0.15, 0.2) is 0 Å². The average molecular weight is 563 g/mol. The van der Waals surface area contributed by atoms with E-state index in [0.717, 1.165) is 9.95 Å². The number of hydrogen-bond acceptors (Lipinski definition) is 9. The summed E-state index contributed by atoms with van der Waals surface area (Å²) in [4.78, 5) is 28.4. The van der Waals surface area contributed by atoms with Gasteiger partial charge in [-0.05, 0) is 38.3 Å². The number of benzene rings is 2. The van der Waals surface area contributed by atoms with Crippen molar-refractivity contribution in [2.24, 2.45) is 5.92 Å². The van der Waals surface area contributed by atoms with E-state index in [1.165, 1.54) is 19.2 Å². The van der Waals surface area contributed by atoms with E-state index < -0.39 is 56.2 Å². The minimum Gasteiger partial charge on any atom is -0.462 e. The number of nitrogen functional groups attached to an aromatic ring is 1. The van der Waals surface area contributed by atoms with E-state index in [2.05, 4.69) is 10.1 Å². The highest BCUT2D eigenvalue weighted by molar-refractivity contribution is 7.52. The first-order chi connectivity index (χ1) is 18.4. The first-order valence-corrected chi connectivity index (χ1v) is 14.0. The molecule has 1 unspecified atom stereocenters. The van der Waals surface area contributed by atoms with Crippen LogP contribution >= 0.6 is 7.75 Å². The molecule has 0 radical (unpaired) electrons. The molecule has 0 aliphatic carbocycles. The predicted molar refractivity (Wildman–Crippen MR) is 143 cm³/mol. The molecule has 2 aromatic carbocycles. The van der Waals surface area contributed by atoms with Crippen LogP contribution in [0, 0.1) is 5.92 Å². The van der Waals surface area contributed by atoms with Crippen LogP contribution < -0.4 is 21.0 Å². The zero-order valence-corrected chi connectivity index (χ0v) is 23.0. The molecular weight excluding hydrogens is 530 g/mol. The number of nitrogens with zero attached hydrogens (tertiary/aromatic N) is 2. The van der Waals surface area contributed by atoms with Gasteiger partial charge < -0.3 is 19.7 Å². The van der Waals surface area contributed by atoms with Crippen LogP contribution in [-0.4, -0.2) is 40.1 Å². The van der Waals surface area contributed by atoms with Crippen LogP contribution in [0.1, 0.15) is 40.3 Å². The summed E-state index contributed by atoms with van der Waals surface area (Å²) in [5.41, 5.74) is 4.86. The first kappa shape index (κ1) is 28.7. The van der Waals surface area contributed by atoms with Crippen molar-refractivity contribution in [3.63, 3.8) is 0 Å². The number of ether oxygens (including phenoxy) is 2. The van der Waals surface area contributed by atoms with Gasteiger partial charge in [-0.25, -0.2) is 13.8 Å². The van der Waals surface area contributed by atoms with Crippen molar-refractivity contribution in [3.8, 4) is 5.75 Å². The second-order valence-electron chi connectivity index (χ2n) is 9.79. The highest BCUT2D eigenvalue weighted by Gasteiger charge is 2.48. The van der Waals surface area contributed by atoms with Crippen molar-refractivity contribution >= 4 is 30.3 Å². The van der Waals surface area contributed by atoms with Gasteiger partial charge in [-0.2, -0.15) is 10.1 Å². The topological polar surface area (TPSA) is 144 Å². The fraction of sp³-hybridized carbons (Fsp3) is 0.423. The molecule has 5 atom stereocenters. The Kier molecular flexibility index (Phi) is 8.41. The molecule has 4 rings (SSSR count). The zero-order valence-electron chi connectivity index (χ0n) is 22.1. The van der Waals surface area contributed by atoms with Crippen LogP contribution in [0.15, 0.2) is 59.5 Å². The Morgan fingerprint density at radius 3 is 2.69 bits per heavy atom. The summed E-state index contributed by atoms with van der Waals surface area (Å²) in [6.45, 7) is 5.67. The zero-order chi connectivity index (χ0) is 28.4. The number of carbonyl (C=O) groups excluding carboxylic acids is 1. The quantitative estimate of drug-likeness (QED) is 0.271. The van der Waals surface area contributed by atoms with Crippen molar-refractivity contribution in [3.05, 3.63) is 65.2 Å². The van der Waals surface area contributed by atoms with Crippen LogP contribution in [0.25, 0.3) is 10.8 Å². The van der Waals surface area contributed by atoms with Gasteiger partial charge in [0.25, 0.3) is 0 Å². The minimum absolute atomic E-state index is 0.0273. The van der Waals surface area contributed by atoms with Gasteiger partial charge in [0.05, 0.1) is 6.10 Å². The Hall–Kier alpha value is -3.31. The maximum absolute atomic E-state index is 15.9. The number of halogens is 1. The minimum atomic E-state index is -4.39. The third kappa shape index (κ3) is 6.83. The molecule has 11 nitrogen and oxygen atoms in total. The van der Waals surface area contributed by atoms with E-state index in [0.29, 0.717) is 5.39 Å². The van der Waals surface area contributed by atoms with E-state index in [-0.39, 0.29) is 18.0 Å². The molecule has 1 fully saturated rings. The predicted octanol–water partition coefficient (Wildman–Crippen LogP) is 4.33. The second-order valence-corrected chi connectivity index (χ2v) is 11.5. The molecule has 0 saturated carbocycles. The second kappa shape index (κ2) is 11.4. The Bertz CT molecular complexity index is 1450. The molecule has 3 N–H and O–H groups in total. The normalized spacial score (nSPS) is 23.4. The largest absolute Gasteiger partial charge is 0.462 e. The summed E-state index contributed by atoms with van der Waals surface area (Å²) in [6, 6.07) is 12.7. The molecular formula is C26H32FN4O7P. The van der Waals surface area contributed by atoms with Crippen LogP contribution in [0.3, 0.4) is 0 Å². The molecule has 1 aromatic heterocycles. The van der Waals surface area contributed by atoms with Gasteiger partial charge in [-0.3, -0.25) is 13.9 Å². The molecule has 0 spiro atoms. The molecule has 1 saturated heterocycles. The molecule has 1 aliphatic rings. The lowest BCUT2D eigenvalue weighted by atomic mass is 10.1. The van der Waals surface area contributed by atoms with Crippen LogP contribution in [-0.2, 0) is 23.4 Å². The van der Waals surface area contributed by atoms with Gasteiger partial charge in [0.2, 0.25) is 5.85 Å². The summed E-state index contributed by atoms with van der Waals surface area (Å²) in [5, 5.41) is 4.01. The van der Waals surface area contributed by atoms with E-state index in [9.17, 15) is 14.2 Å². The summed E-state index contributed by atoms with van der Waals surface area (Å²) in [7, 11) is -4.39. The first-order valence-electron chi connectivity index (χ1n) is 12.5. The summed E-state index contributed by atoms with van der Waals surface area (Å²) < 4.78 is 53.2. The number of nitrogens with one attached hydrogen (secondary N) is 1. The molecule has 3 aromatic rings. The number of rotatable bonds is 10. The fourth-order valence-corrected chi connectivity index (χ4v) is 5.85. The molecule has 13 heteroatoms. The van der Waals surface area contributed by atoms with Crippen molar-refractivity contribution in [1.29, 1.82) is 0 Å². The maximum Gasteiger partial charge on any atom is 0.459 e. The van der Waals surface area contributed by atoms with E-state index >= 15 is 4.39 Å². The fourth-order valence-electron chi connectivity index (χ4n) is 4.31. The highest BCUT2D eigenvalue weighted by atomic mass is 31.2. The number of nitrogens with two attached hydrogens (primary N) is 1. The SMILES string of the molecule is CC(C)OC(=O)[C@H](C)NP(=O)(OC[C@]1(F)C[C@H](C)[C@H](n2ccc(N)nc2=O)O1)Oc1cccc2ccccc12. The van der Waals surface area contributed by atoms with E-state index in [1.54, 1.807) is 45.0 Å². The Balaban J connectivity index is 1.57. The Morgan fingerprint density at radius 2 is 1.97 bits per heavy atom. The summed E-state index contributed by atoms with van der Waals surface area (Å²) >= 11 is 0. The Labute approximate surface area is 225 Å². The molecule has 0 amide bonds. The monoisotopic (exact) mass is 562 g/mol. The van der Waals surface area contributed by atoms with Crippen LogP contribution in [0.2, 0.25) is 0 Å². The third-order valence-corrected chi connectivity index (χ3v) is 7.66. The number of carbonyl (C=O) groups is 1. The molecule has 1 aliphatic heterocycles. The van der Waals surface area contributed by atoms with E-state index in [4.69, 9.17) is 24.3 Å². The smallest absolute Gasteiger partial charge is 0.459 e. The van der Waals surface area contributed by atoms with Gasteiger partial charge in [0, 0.05) is 23.9 Å². The number of alkyl halides is 1. The number of fused-ring (bicyclic) bond motifs is 1. The van der Waals surface area contributed by atoms with Crippen molar-refractivity contribution in [2.45, 2.75) is 58.3 Å². The molecule has 39 heavy (non-hydrogen) atoms. The van der Waals surface area contributed by atoms with Gasteiger partial charge in [0.1, 0.15) is 30.4 Å². The van der Waals surface area contributed by atoms with E-state index in [1.807, 2.05) is 18.2 Å². The lowest BCUT2D eigenvalue weighted by molar-refractivity contribution is -0.175. The number of hydrogen-bond donors (Lipinski definition) is 2. The average Bonchev–Trinajstić information content (AvgIpc) is 3.17.